The molecule has 2 aromatic rings. The minimum atomic E-state index is 0. The van der Waals surface area contributed by atoms with Gasteiger partial charge in [0.1, 0.15) is 0 Å². The topological polar surface area (TPSA) is 41.4 Å². The summed E-state index contributed by atoms with van der Waals surface area (Å²) in [6.07, 6.45) is 2.04. The Labute approximate surface area is 141 Å². The molecule has 0 atom stereocenters. The highest BCUT2D eigenvalue weighted by atomic mass is 127. The number of halogens is 1. The molecule has 0 aliphatic heterocycles. The van der Waals surface area contributed by atoms with Crippen LogP contribution in [0.4, 0.5) is 0 Å². The van der Waals surface area contributed by atoms with Crippen molar-refractivity contribution in [3.05, 3.63) is 45.9 Å². The van der Waals surface area contributed by atoms with Crippen molar-refractivity contribution in [3.8, 4) is 0 Å². The van der Waals surface area contributed by atoms with E-state index in [9.17, 15) is 0 Å². The van der Waals surface area contributed by atoms with Gasteiger partial charge in [-0.2, -0.15) is 0 Å². The molecule has 0 radical (unpaired) electrons. The molecular weight excluding hydrogens is 383 g/mol. The predicted molar refractivity (Wildman–Crippen MR) is 96.9 cm³/mol. The maximum atomic E-state index is 4.24. The van der Waals surface area contributed by atoms with Crippen LogP contribution in [-0.4, -0.2) is 17.6 Å². The molecule has 20 heavy (non-hydrogen) atoms. The molecule has 110 valence electrons. The third-order valence-electron chi connectivity index (χ3n) is 3.10. The van der Waals surface area contributed by atoms with Gasteiger partial charge < -0.3 is 15.2 Å². The molecule has 0 saturated carbocycles. The van der Waals surface area contributed by atoms with Crippen LogP contribution < -0.4 is 10.6 Å². The molecule has 2 heterocycles. The third kappa shape index (κ3) is 4.52. The Hall–Kier alpha value is -1.02. The Morgan fingerprint density at radius 2 is 2.05 bits per heavy atom. The molecule has 0 amide bonds. The Balaban J connectivity index is 0.00000200. The average molecular weight is 404 g/mol. The second-order valence-corrected chi connectivity index (χ2v) is 5.42. The maximum absolute atomic E-state index is 4.24. The number of aromatic nitrogens is 1. The van der Waals surface area contributed by atoms with E-state index in [4.69, 9.17) is 0 Å². The summed E-state index contributed by atoms with van der Waals surface area (Å²) < 4.78 is 2.10. The van der Waals surface area contributed by atoms with Crippen LogP contribution in [0.5, 0.6) is 0 Å². The summed E-state index contributed by atoms with van der Waals surface area (Å²) in [7, 11) is 3.84. The van der Waals surface area contributed by atoms with E-state index in [2.05, 4.69) is 44.6 Å². The second-order valence-electron chi connectivity index (χ2n) is 4.42. The molecule has 0 aliphatic rings. The highest BCUT2D eigenvalue weighted by Crippen LogP contribution is 2.14. The smallest absolute Gasteiger partial charge is 0.191 e. The van der Waals surface area contributed by atoms with Crippen molar-refractivity contribution in [2.45, 2.75) is 20.0 Å². The van der Waals surface area contributed by atoms with Crippen LogP contribution in [0, 0.1) is 6.92 Å². The normalized spacial score (nSPS) is 11.1. The number of rotatable bonds is 4. The first-order valence-corrected chi connectivity index (χ1v) is 7.16. The largest absolute Gasteiger partial charge is 0.353 e. The number of hydrogen-bond acceptors (Lipinski definition) is 2. The Kier molecular flexibility index (Phi) is 7.08. The molecule has 0 fully saturated rings. The summed E-state index contributed by atoms with van der Waals surface area (Å²) in [5.74, 6) is 0.828. The van der Waals surface area contributed by atoms with E-state index in [1.54, 1.807) is 18.4 Å². The molecular formula is C14H21IN4S. The highest BCUT2D eigenvalue weighted by Gasteiger charge is 2.03. The van der Waals surface area contributed by atoms with Crippen LogP contribution >= 0.6 is 35.3 Å². The van der Waals surface area contributed by atoms with Crippen molar-refractivity contribution in [2.75, 3.05) is 7.05 Å². The summed E-state index contributed by atoms with van der Waals surface area (Å²) in [6, 6.07) is 6.29. The standard InChI is InChI=1S/C14H20N4S.HI/c1-11-6-8-19-13(11)10-17-14(15-2)16-9-12-5-4-7-18(12)3;/h4-8H,9-10H2,1-3H3,(H2,15,16,17);1H. The van der Waals surface area contributed by atoms with Gasteiger partial charge in [0.15, 0.2) is 5.96 Å². The van der Waals surface area contributed by atoms with Gasteiger partial charge in [0.2, 0.25) is 0 Å². The van der Waals surface area contributed by atoms with Crippen LogP contribution in [0.15, 0.2) is 34.8 Å². The van der Waals surface area contributed by atoms with Crippen molar-refractivity contribution in [1.82, 2.24) is 15.2 Å². The van der Waals surface area contributed by atoms with Crippen LogP contribution in [0.1, 0.15) is 16.1 Å². The zero-order chi connectivity index (χ0) is 13.7. The quantitative estimate of drug-likeness (QED) is 0.468. The molecule has 4 nitrogen and oxygen atoms in total. The number of hydrogen-bond donors (Lipinski definition) is 2. The van der Waals surface area contributed by atoms with E-state index in [0.717, 1.165) is 19.0 Å². The van der Waals surface area contributed by atoms with Gasteiger partial charge in [-0.25, -0.2) is 0 Å². The summed E-state index contributed by atoms with van der Waals surface area (Å²) in [4.78, 5) is 5.58. The lowest BCUT2D eigenvalue weighted by molar-refractivity contribution is 0.751. The minimum absolute atomic E-state index is 0. The Morgan fingerprint density at radius 3 is 2.60 bits per heavy atom. The van der Waals surface area contributed by atoms with Crippen molar-refractivity contribution in [1.29, 1.82) is 0 Å². The van der Waals surface area contributed by atoms with E-state index in [1.165, 1.54) is 16.1 Å². The highest BCUT2D eigenvalue weighted by molar-refractivity contribution is 14.0. The molecule has 2 aromatic heterocycles. The van der Waals surface area contributed by atoms with Crippen molar-refractivity contribution < 1.29 is 0 Å². The van der Waals surface area contributed by atoms with Gasteiger partial charge in [0, 0.05) is 30.9 Å². The average Bonchev–Trinajstić information content (AvgIpc) is 2.99. The van der Waals surface area contributed by atoms with E-state index >= 15 is 0 Å². The Morgan fingerprint density at radius 1 is 1.30 bits per heavy atom. The molecule has 0 aromatic carbocycles. The van der Waals surface area contributed by atoms with Gasteiger partial charge in [0.05, 0.1) is 13.1 Å². The first-order valence-electron chi connectivity index (χ1n) is 6.28. The number of aliphatic imine (C=N–C) groups is 1. The third-order valence-corrected chi connectivity index (χ3v) is 4.12. The van der Waals surface area contributed by atoms with Gasteiger partial charge in [-0.05, 0) is 36.1 Å². The first-order chi connectivity index (χ1) is 9.20. The lowest BCUT2D eigenvalue weighted by atomic mass is 10.3. The van der Waals surface area contributed by atoms with E-state index < -0.39 is 0 Å². The summed E-state index contributed by atoms with van der Waals surface area (Å²) >= 11 is 1.77. The lowest BCUT2D eigenvalue weighted by Crippen LogP contribution is -2.36. The van der Waals surface area contributed by atoms with E-state index in [-0.39, 0.29) is 24.0 Å². The van der Waals surface area contributed by atoms with Gasteiger partial charge in [-0.15, -0.1) is 35.3 Å². The van der Waals surface area contributed by atoms with Crippen LogP contribution in [-0.2, 0) is 20.1 Å². The molecule has 2 N–H and O–H groups in total. The fourth-order valence-electron chi connectivity index (χ4n) is 1.82. The molecule has 6 heteroatoms. The molecule has 0 bridgehead atoms. The Bertz CT molecular complexity index is 513. The summed E-state index contributed by atoms with van der Waals surface area (Å²) in [5, 5.41) is 8.77. The van der Waals surface area contributed by atoms with Gasteiger partial charge in [-0.1, -0.05) is 0 Å². The summed E-state index contributed by atoms with van der Waals surface area (Å²) in [6.45, 7) is 3.72. The lowest BCUT2D eigenvalue weighted by Gasteiger charge is -2.12. The fraction of sp³-hybridized carbons (Fsp3) is 0.357. The van der Waals surface area contributed by atoms with Crippen LogP contribution in [0.2, 0.25) is 0 Å². The monoisotopic (exact) mass is 404 g/mol. The van der Waals surface area contributed by atoms with Crippen molar-refractivity contribution in [3.63, 3.8) is 0 Å². The molecule has 0 aliphatic carbocycles. The molecule has 0 saturated heterocycles. The first kappa shape index (κ1) is 17.0. The maximum Gasteiger partial charge on any atom is 0.191 e. The minimum Gasteiger partial charge on any atom is -0.353 e. The van der Waals surface area contributed by atoms with Gasteiger partial charge in [-0.3, -0.25) is 4.99 Å². The zero-order valence-corrected chi connectivity index (χ0v) is 15.2. The molecule has 2 rings (SSSR count). The number of nitrogens with one attached hydrogen (secondary N) is 2. The van der Waals surface area contributed by atoms with Gasteiger partial charge >= 0.3 is 0 Å². The zero-order valence-electron chi connectivity index (χ0n) is 12.0. The SMILES string of the molecule is CN=C(NCc1sccc1C)NCc1cccn1C.I. The van der Waals surface area contributed by atoms with Crippen LogP contribution in [0.3, 0.4) is 0 Å². The van der Waals surface area contributed by atoms with E-state index in [1.807, 2.05) is 19.3 Å². The number of thiophene rings is 1. The van der Waals surface area contributed by atoms with Crippen molar-refractivity contribution >= 4 is 41.3 Å². The van der Waals surface area contributed by atoms with Gasteiger partial charge in [0.25, 0.3) is 0 Å². The second kappa shape index (κ2) is 8.31. The van der Waals surface area contributed by atoms with Crippen LogP contribution in [0.25, 0.3) is 0 Å². The number of aryl methyl sites for hydroxylation is 2. The molecule has 0 spiro atoms. The number of guanidine groups is 1. The van der Waals surface area contributed by atoms with Crippen molar-refractivity contribution in [2.24, 2.45) is 12.0 Å². The fourth-order valence-corrected chi connectivity index (χ4v) is 2.67. The molecule has 0 unspecified atom stereocenters. The number of nitrogens with zero attached hydrogens (tertiary/aromatic N) is 2. The van der Waals surface area contributed by atoms with E-state index in [0.29, 0.717) is 0 Å². The predicted octanol–water partition coefficient (Wildman–Crippen LogP) is 2.88. The summed E-state index contributed by atoms with van der Waals surface area (Å²) in [5.41, 5.74) is 2.56.